The predicted molar refractivity (Wildman–Crippen MR) is 106 cm³/mol. The van der Waals surface area contributed by atoms with Gasteiger partial charge in [0.15, 0.2) is 0 Å². The topological polar surface area (TPSA) is 66.6 Å². The number of carbonyl (C=O) groups is 2. The first-order chi connectivity index (χ1) is 13.3. The van der Waals surface area contributed by atoms with Gasteiger partial charge in [0.25, 0.3) is 5.91 Å². The van der Waals surface area contributed by atoms with Crippen LogP contribution >= 0.6 is 0 Å². The van der Waals surface area contributed by atoms with Crippen molar-refractivity contribution in [3.8, 4) is 11.8 Å². The molecule has 2 saturated heterocycles. The zero-order valence-corrected chi connectivity index (χ0v) is 16.4. The van der Waals surface area contributed by atoms with Gasteiger partial charge in [-0.3, -0.25) is 9.59 Å². The third-order valence-corrected chi connectivity index (χ3v) is 6.44. The minimum atomic E-state index is -0.598. The van der Waals surface area contributed by atoms with Crippen LogP contribution in [0.15, 0.2) is 11.6 Å². The van der Waals surface area contributed by atoms with E-state index >= 15 is 4.39 Å². The highest BCUT2D eigenvalue weighted by Crippen LogP contribution is 2.46. The molecular formula is C22H24FN3O2. The van der Waals surface area contributed by atoms with Crippen LogP contribution in [0.25, 0.3) is 5.57 Å². The molecule has 0 bridgehead atoms. The maximum Gasteiger partial charge on any atom is 0.298 e. The van der Waals surface area contributed by atoms with Crippen LogP contribution < -0.4 is 10.6 Å². The maximum atomic E-state index is 15.3. The largest absolute Gasteiger partial charge is 0.366 e. The first kappa shape index (κ1) is 18.5. The van der Waals surface area contributed by atoms with E-state index in [0.29, 0.717) is 31.1 Å². The van der Waals surface area contributed by atoms with Gasteiger partial charge in [0.2, 0.25) is 5.91 Å². The molecule has 1 aliphatic carbocycles. The summed E-state index contributed by atoms with van der Waals surface area (Å²) in [4.78, 5) is 27.9. The van der Waals surface area contributed by atoms with E-state index in [1.807, 2.05) is 13.8 Å². The lowest BCUT2D eigenvalue weighted by molar-refractivity contribution is -0.124. The minimum Gasteiger partial charge on any atom is -0.366 e. The van der Waals surface area contributed by atoms with E-state index in [2.05, 4.69) is 16.7 Å². The number of allylic oxidation sites excluding steroid dienone is 2. The molecule has 0 aromatic heterocycles. The SMILES string of the molecule is CC#CC(=O)N1CC2CCN(c3c(F)cc(C(N)=O)c4c3C(C)=C(C)C4)C2C1. The van der Waals surface area contributed by atoms with E-state index in [-0.39, 0.29) is 17.5 Å². The van der Waals surface area contributed by atoms with Gasteiger partial charge in [0.05, 0.1) is 11.7 Å². The number of amides is 2. The Morgan fingerprint density at radius 3 is 2.71 bits per heavy atom. The summed E-state index contributed by atoms with van der Waals surface area (Å²) < 4.78 is 15.3. The van der Waals surface area contributed by atoms with Crippen molar-refractivity contribution in [1.29, 1.82) is 0 Å². The van der Waals surface area contributed by atoms with Gasteiger partial charge in [-0.15, -0.1) is 0 Å². The van der Waals surface area contributed by atoms with Crippen molar-refractivity contribution in [2.45, 2.75) is 39.7 Å². The molecule has 0 radical (unpaired) electrons. The Morgan fingerprint density at radius 2 is 2.04 bits per heavy atom. The standard InChI is InChI=1S/C22H24FN3O2/c1-4-5-19(27)25-10-14-6-7-26(18(14)11-25)21-17(23)9-16(22(24)28)15-8-12(2)13(3)20(15)21/h9,14,18H,6-8,10-11H2,1-3H3,(H2,24,28). The van der Waals surface area contributed by atoms with Crippen LogP contribution in [0.4, 0.5) is 10.1 Å². The van der Waals surface area contributed by atoms with Gasteiger partial charge < -0.3 is 15.5 Å². The predicted octanol–water partition coefficient (Wildman–Crippen LogP) is 2.33. The number of anilines is 1. The van der Waals surface area contributed by atoms with Gasteiger partial charge in [-0.05, 0) is 56.7 Å². The number of rotatable bonds is 2. The molecule has 2 unspecified atom stereocenters. The van der Waals surface area contributed by atoms with Crippen LogP contribution in [-0.2, 0) is 11.2 Å². The highest BCUT2D eigenvalue weighted by Gasteiger charge is 2.45. The van der Waals surface area contributed by atoms with Crippen molar-refractivity contribution in [2.24, 2.45) is 11.7 Å². The van der Waals surface area contributed by atoms with Gasteiger partial charge in [-0.2, -0.15) is 0 Å². The van der Waals surface area contributed by atoms with E-state index < -0.39 is 11.7 Å². The normalized spacial score (nSPS) is 22.9. The zero-order valence-electron chi connectivity index (χ0n) is 16.4. The summed E-state index contributed by atoms with van der Waals surface area (Å²) in [7, 11) is 0. The Labute approximate surface area is 164 Å². The van der Waals surface area contributed by atoms with Gasteiger partial charge >= 0.3 is 0 Å². The van der Waals surface area contributed by atoms with Crippen LogP contribution in [0.1, 0.15) is 48.7 Å². The average Bonchev–Trinajstić information content (AvgIpc) is 3.30. The van der Waals surface area contributed by atoms with Crippen molar-refractivity contribution in [1.82, 2.24) is 4.90 Å². The fourth-order valence-electron chi connectivity index (χ4n) is 4.97. The Balaban J connectivity index is 1.76. The van der Waals surface area contributed by atoms with Gasteiger partial charge in [0.1, 0.15) is 5.82 Å². The number of halogens is 1. The van der Waals surface area contributed by atoms with E-state index in [4.69, 9.17) is 5.73 Å². The number of likely N-dealkylation sites (tertiary alicyclic amines) is 1. The van der Waals surface area contributed by atoms with Crippen molar-refractivity contribution in [2.75, 3.05) is 24.5 Å². The summed E-state index contributed by atoms with van der Waals surface area (Å²) in [5.74, 6) is 4.39. The molecule has 0 saturated carbocycles. The van der Waals surface area contributed by atoms with E-state index in [1.54, 1.807) is 11.8 Å². The molecule has 0 spiro atoms. The van der Waals surface area contributed by atoms with Gasteiger partial charge in [-0.1, -0.05) is 11.5 Å². The monoisotopic (exact) mass is 381 g/mol. The van der Waals surface area contributed by atoms with E-state index in [1.165, 1.54) is 6.07 Å². The molecular weight excluding hydrogens is 357 g/mol. The van der Waals surface area contributed by atoms with Gasteiger partial charge in [0, 0.05) is 36.7 Å². The third-order valence-electron chi connectivity index (χ3n) is 6.44. The van der Waals surface area contributed by atoms with Crippen LogP contribution in [-0.4, -0.2) is 42.4 Å². The second-order valence-corrected chi connectivity index (χ2v) is 7.95. The average molecular weight is 381 g/mol. The second kappa shape index (κ2) is 6.66. The maximum absolute atomic E-state index is 15.3. The van der Waals surface area contributed by atoms with Crippen LogP contribution in [0.2, 0.25) is 0 Å². The first-order valence-electron chi connectivity index (χ1n) is 9.63. The summed E-state index contributed by atoms with van der Waals surface area (Å²) in [6.07, 6.45) is 1.52. The third kappa shape index (κ3) is 2.69. The number of nitrogens with zero attached hydrogens (tertiary/aromatic N) is 2. The lowest BCUT2D eigenvalue weighted by Gasteiger charge is -2.30. The Bertz CT molecular complexity index is 986. The smallest absolute Gasteiger partial charge is 0.298 e. The molecule has 1 aromatic carbocycles. The second-order valence-electron chi connectivity index (χ2n) is 7.95. The van der Waals surface area contributed by atoms with Crippen molar-refractivity contribution in [3.05, 3.63) is 34.1 Å². The zero-order chi connectivity index (χ0) is 20.2. The lowest BCUT2D eigenvalue weighted by atomic mass is 9.96. The Morgan fingerprint density at radius 1 is 1.29 bits per heavy atom. The molecule has 5 nitrogen and oxygen atoms in total. The number of primary amides is 1. The van der Waals surface area contributed by atoms with Crippen LogP contribution in [0.5, 0.6) is 0 Å². The summed E-state index contributed by atoms with van der Waals surface area (Å²) in [5, 5.41) is 0. The number of benzene rings is 1. The molecule has 146 valence electrons. The molecule has 2 amide bonds. The van der Waals surface area contributed by atoms with Crippen LogP contribution in [0.3, 0.4) is 0 Å². The molecule has 3 aliphatic rings. The first-order valence-corrected chi connectivity index (χ1v) is 9.63. The molecule has 2 heterocycles. The van der Waals surface area contributed by atoms with E-state index in [0.717, 1.165) is 35.2 Å². The molecule has 2 aliphatic heterocycles. The molecule has 28 heavy (non-hydrogen) atoms. The number of carbonyl (C=O) groups excluding carboxylic acids is 2. The molecule has 1 aromatic rings. The summed E-state index contributed by atoms with van der Waals surface area (Å²) in [5.41, 5.74) is 10.1. The minimum absolute atomic E-state index is 0.0642. The fourth-order valence-corrected chi connectivity index (χ4v) is 4.97. The fraction of sp³-hybridized carbons (Fsp3) is 0.455. The Kier molecular flexibility index (Phi) is 4.41. The molecule has 2 fully saturated rings. The number of hydrogen-bond acceptors (Lipinski definition) is 3. The van der Waals surface area contributed by atoms with Crippen molar-refractivity contribution in [3.63, 3.8) is 0 Å². The number of fused-ring (bicyclic) bond motifs is 2. The summed E-state index contributed by atoms with van der Waals surface area (Å²) >= 11 is 0. The lowest BCUT2D eigenvalue weighted by Crippen LogP contribution is -2.38. The van der Waals surface area contributed by atoms with E-state index in [9.17, 15) is 9.59 Å². The molecule has 2 N–H and O–H groups in total. The summed E-state index contributed by atoms with van der Waals surface area (Å²) in [6.45, 7) is 7.58. The number of hydrogen-bond donors (Lipinski definition) is 1. The van der Waals surface area contributed by atoms with Gasteiger partial charge in [-0.25, -0.2) is 4.39 Å². The molecule has 4 rings (SSSR count). The van der Waals surface area contributed by atoms with Crippen LogP contribution in [0, 0.1) is 23.6 Å². The molecule has 6 heteroatoms. The highest BCUT2D eigenvalue weighted by atomic mass is 19.1. The quantitative estimate of drug-likeness (QED) is 0.800. The summed E-state index contributed by atoms with van der Waals surface area (Å²) in [6, 6.07) is 1.35. The number of nitrogens with two attached hydrogens (primary N) is 1. The highest BCUT2D eigenvalue weighted by molar-refractivity contribution is 5.99. The van der Waals surface area contributed by atoms with Crippen molar-refractivity contribution >= 4 is 23.1 Å². The molecule has 2 atom stereocenters. The Hall–Kier alpha value is -2.81. The van der Waals surface area contributed by atoms with Crippen molar-refractivity contribution < 1.29 is 14.0 Å².